The molecule has 4 aliphatic rings. The maximum absolute atomic E-state index is 14.0. The maximum atomic E-state index is 14.0. The van der Waals surface area contributed by atoms with Crippen molar-refractivity contribution < 1.29 is 24.3 Å². The van der Waals surface area contributed by atoms with Crippen molar-refractivity contribution in [3.05, 3.63) is 76.0 Å². The van der Waals surface area contributed by atoms with Crippen molar-refractivity contribution in [2.24, 2.45) is 17.8 Å². The summed E-state index contributed by atoms with van der Waals surface area (Å²) in [7, 11) is 0. The number of rotatable bonds is 4. The number of carbonyl (C=O) groups is 4. The number of allylic oxidation sites excluding steroid dienone is 2. The van der Waals surface area contributed by atoms with Crippen molar-refractivity contribution in [1.29, 1.82) is 0 Å². The minimum Gasteiger partial charge on any atom is -0.507 e. The number of carbonyl (C=O) groups excluding carboxylic acids is 4. The molecule has 2 aliphatic carbocycles. The van der Waals surface area contributed by atoms with E-state index in [-0.39, 0.29) is 36.0 Å². The molecule has 7 rings (SSSR count). The zero-order valence-electron chi connectivity index (χ0n) is 21.4. The van der Waals surface area contributed by atoms with E-state index in [9.17, 15) is 24.3 Å². The zero-order chi connectivity index (χ0) is 28.8. The molecule has 0 radical (unpaired) electrons. The van der Waals surface area contributed by atoms with Gasteiger partial charge in [0.05, 0.1) is 23.8 Å². The Bertz CT molecular complexity index is 1690. The lowest BCUT2D eigenvalue weighted by molar-refractivity contribution is -0.141. The van der Waals surface area contributed by atoms with Gasteiger partial charge >= 0.3 is 0 Å². The highest BCUT2D eigenvalue weighted by atomic mass is 79.9. The molecule has 4 amide bonds. The van der Waals surface area contributed by atoms with Crippen LogP contribution in [-0.2, 0) is 25.7 Å². The van der Waals surface area contributed by atoms with Gasteiger partial charge in [0.25, 0.3) is 11.8 Å². The summed E-state index contributed by atoms with van der Waals surface area (Å²) in [6.07, 6.45) is 2.17. The second-order valence-corrected chi connectivity index (χ2v) is 13.8. The fourth-order valence-electron chi connectivity index (χ4n) is 7.44. The highest BCUT2D eigenvalue weighted by Crippen LogP contribution is 2.66. The first-order valence-corrected chi connectivity index (χ1v) is 16.0. The van der Waals surface area contributed by atoms with Gasteiger partial charge in [-0.25, -0.2) is 0 Å². The van der Waals surface area contributed by atoms with E-state index < -0.39 is 45.2 Å². The van der Waals surface area contributed by atoms with Crippen molar-refractivity contribution >= 4 is 84.9 Å². The number of likely N-dealkylation sites (tertiary alicyclic amines) is 2. The summed E-state index contributed by atoms with van der Waals surface area (Å²) < 4.78 is 0. The second-order valence-electron chi connectivity index (χ2n) is 11.0. The zero-order valence-corrected chi connectivity index (χ0v) is 25.3. The minimum absolute atomic E-state index is 0.0580. The summed E-state index contributed by atoms with van der Waals surface area (Å²) in [6, 6.07) is 14.2. The number of hydrogen-bond donors (Lipinski definition) is 1. The molecule has 2 saturated heterocycles. The Labute approximate surface area is 257 Å². The Hall–Kier alpha value is -2.72. The van der Waals surface area contributed by atoms with E-state index in [0.29, 0.717) is 22.8 Å². The van der Waals surface area contributed by atoms with Crippen molar-refractivity contribution in [2.45, 2.75) is 35.1 Å². The fraction of sp³-hybridized carbons (Fsp3) is 0.333. The SMILES string of the molecule is O=C1C2CC=C3C(CC4(Cl)C(=O)N(CBr)C(=O)C4(Cl)C3c3ccc(O)c4ccccc34)C2C(=O)N1Cc1cccs1. The molecule has 210 valence electrons. The number of alkyl halides is 3. The largest absolute Gasteiger partial charge is 0.507 e. The van der Waals surface area contributed by atoms with Gasteiger partial charge in [-0.05, 0) is 47.2 Å². The van der Waals surface area contributed by atoms with Crippen LogP contribution in [0, 0.1) is 17.8 Å². The number of nitrogens with zero attached hydrogens (tertiary/aromatic N) is 2. The summed E-state index contributed by atoms with van der Waals surface area (Å²) >= 11 is 19.4. The van der Waals surface area contributed by atoms with Crippen LogP contribution >= 0.6 is 50.5 Å². The molecule has 7 nitrogen and oxygen atoms in total. The number of hydrogen-bond acceptors (Lipinski definition) is 6. The lowest BCUT2D eigenvalue weighted by Crippen LogP contribution is -2.60. The van der Waals surface area contributed by atoms with E-state index in [1.807, 2.05) is 35.7 Å². The molecule has 6 unspecified atom stereocenters. The molecular formula is C30H23BrCl2N2O5S. The number of phenolic OH excluding ortho intramolecular Hbond substituents is 1. The Morgan fingerprint density at radius 3 is 2.39 bits per heavy atom. The summed E-state index contributed by atoms with van der Waals surface area (Å²) in [5.74, 6) is -4.51. The van der Waals surface area contributed by atoms with Crippen molar-refractivity contribution in [3.63, 3.8) is 0 Å². The standard InChI is InChI=1S/C30H23BrCl2N2O5S/c31-14-35-27(39)29(32)12-21-19(7-8-20-23(21)26(38)34(25(20)37)13-15-4-3-11-41-15)24(30(29,33)28(35)40)18-9-10-22(36)17-6-2-1-5-16(17)18/h1-7,9-11,20-21,23-24,36H,8,12-14H2. The van der Waals surface area contributed by atoms with E-state index >= 15 is 0 Å². The van der Waals surface area contributed by atoms with Gasteiger partial charge < -0.3 is 5.11 Å². The number of amides is 4. The van der Waals surface area contributed by atoms with Gasteiger partial charge in [-0.3, -0.25) is 29.0 Å². The minimum atomic E-state index is -1.89. The molecule has 0 spiro atoms. The van der Waals surface area contributed by atoms with E-state index in [0.717, 1.165) is 15.4 Å². The molecule has 41 heavy (non-hydrogen) atoms. The lowest BCUT2D eigenvalue weighted by Gasteiger charge is -2.51. The number of aromatic hydroxyl groups is 1. The summed E-state index contributed by atoms with van der Waals surface area (Å²) in [6.45, 7) is 0.191. The van der Waals surface area contributed by atoms with Crippen LogP contribution in [0.4, 0.5) is 0 Å². The number of imide groups is 2. The second kappa shape index (κ2) is 9.39. The predicted octanol–water partition coefficient (Wildman–Crippen LogP) is 5.52. The van der Waals surface area contributed by atoms with Gasteiger partial charge in [0.15, 0.2) is 9.75 Å². The number of phenols is 1. The Morgan fingerprint density at radius 1 is 0.927 bits per heavy atom. The number of benzene rings is 2. The molecule has 0 bridgehead atoms. The topological polar surface area (TPSA) is 95.0 Å². The summed E-state index contributed by atoms with van der Waals surface area (Å²) in [5, 5.41) is 13.7. The average Bonchev–Trinajstić information content (AvgIpc) is 3.61. The Balaban J connectivity index is 1.42. The normalized spacial score (nSPS) is 32.8. The van der Waals surface area contributed by atoms with Crippen molar-refractivity contribution in [1.82, 2.24) is 9.80 Å². The quantitative estimate of drug-likeness (QED) is 0.170. The fourth-order valence-corrected chi connectivity index (χ4v) is 9.55. The third-order valence-electron chi connectivity index (χ3n) is 9.25. The Morgan fingerprint density at radius 2 is 1.68 bits per heavy atom. The molecule has 1 N–H and O–H groups in total. The van der Waals surface area contributed by atoms with Crippen LogP contribution in [-0.4, -0.2) is 53.7 Å². The smallest absolute Gasteiger partial charge is 0.254 e. The number of thiophene rings is 1. The van der Waals surface area contributed by atoms with Gasteiger partial charge in [-0.1, -0.05) is 64.0 Å². The first kappa shape index (κ1) is 27.1. The molecule has 6 atom stereocenters. The molecule has 1 saturated carbocycles. The van der Waals surface area contributed by atoms with Crippen LogP contribution in [0.25, 0.3) is 10.8 Å². The van der Waals surface area contributed by atoms with Crippen molar-refractivity contribution in [2.75, 3.05) is 5.45 Å². The number of fused-ring (bicyclic) bond motifs is 5. The highest BCUT2D eigenvalue weighted by molar-refractivity contribution is 9.09. The molecule has 1 aromatic heterocycles. The van der Waals surface area contributed by atoms with Crippen LogP contribution < -0.4 is 0 Å². The summed E-state index contributed by atoms with van der Waals surface area (Å²) in [5.41, 5.74) is 1.26. The van der Waals surface area contributed by atoms with Crippen LogP contribution in [0.1, 0.15) is 29.2 Å². The van der Waals surface area contributed by atoms with Gasteiger partial charge in [-0.15, -0.1) is 34.5 Å². The van der Waals surface area contributed by atoms with E-state index in [4.69, 9.17) is 23.2 Å². The first-order valence-electron chi connectivity index (χ1n) is 13.2. The third-order valence-corrected chi connectivity index (χ3v) is 12.0. The van der Waals surface area contributed by atoms with E-state index in [2.05, 4.69) is 15.9 Å². The molecule has 2 aliphatic heterocycles. The highest BCUT2D eigenvalue weighted by Gasteiger charge is 2.76. The van der Waals surface area contributed by atoms with Crippen LogP contribution in [0.2, 0.25) is 0 Å². The van der Waals surface area contributed by atoms with Gasteiger partial charge in [0.1, 0.15) is 5.75 Å². The summed E-state index contributed by atoms with van der Waals surface area (Å²) in [4.78, 5) is 54.8. The van der Waals surface area contributed by atoms with Gasteiger partial charge in [0.2, 0.25) is 11.8 Å². The molecular weight excluding hydrogens is 651 g/mol. The van der Waals surface area contributed by atoms with E-state index in [1.54, 1.807) is 24.3 Å². The van der Waals surface area contributed by atoms with Crippen LogP contribution in [0.3, 0.4) is 0 Å². The van der Waals surface area contributed by atoms with Crippen LogP contribution in [0.5, 0.6) is 5.75 Å². The molecule has 11 heteroatoms. The maximum Gasteiger partial charge on any atom is 0.254 e. The molecule has 2 aromatic carbocycles. The van der Waals surface area contributed by atoms with Crippen molar-refractivity contribution in [3.8, 4) is 5.75 Å². The Kier molecular flexibility index (Phi) is 6.22. The lowest BCUT2D eigenvalue weighted by atomic mass is 9.56. The third kappa shape index (κ3) is 3.49. The average molecular weight is 674 g/mol. The van der Waals surface area contributed by atoms with Gasteiger partial charge in [-0.2, -0.15) is 0 Å². The molecule has 3 aromatic rings. The first-order chi connectivity index (χ1) is 19.6. The van der Waals surface area contributed by atoms with Crippen LogP contribution in [0.15, 0.2) is 65.6 Å². The molecule has 3 fully saturated rings. The van der Waals surface area contributed by atoms with E-state index in [1.165, 1.54) is 16.2 Å². The monoisotopic (exact) mass is 672 g/mol. The number of halogens is 3. The van der Waals surface area contributed by atoms with Gasteiger partial charge in [0, 0.05) is 16.2 Å². The predicted molar refractivity (Wildman–Crippen MR) is 159 cm³/mol. The molecule has 3 heterocycles.